The van der Waals surface area contributed by atoms with Gasteiger partial charge in [0.1, 0.15) is 0 Å². The van der Waals surface area contributed by atoms with Gasteiger partial charge in [-0.05, 0) is 12.1 Å². The second-order valence-electron chi connectivity index (χ2n) is 4.62. The average Bonchev–Trinajstić information content (AvgIpc) is 2.81. The minimum atomic E-state index is 0.203. The van der Waals surface area contributed by atoms with E-state index in [0.29, 0.717) is 5.89 Å². The standard InChI is InChI=1S/C11H15N3OS2/c1-11(2,3)16-6-9-13-10(15-14-9)7-4-5-8(12)17-7/h4-5H,6,12H2,1-3H3. The lowest BCUT2D eigenvalue weighted by atomic mass is 10.3. The van der Waals surface area contributed by atoms with Gasteiger partial charge in [-0.3, -0.25) is 0 Å². The van der Waals surface area contributed by atoms with E-state index in [4.69, 9.17) is 10.3 Å². The van der Waals surface area contributed by atoms with Gasteiger partial charge in [-0.1, -0.05) is 25.9 Å². The zero-order valence-electron chi connectivity index (χ0n) is 10.1. The minimum absolute atomic E-state index is 0.203. The van der Waals surface area contributed by atoms with Crippen LogP contribution in [0.3, 0.4) is 0 Å². The molecular weight excluding hydrogens is 254 g/mol. The first-order chi connectivity index (χ1) is 7.94. The molecular formula is C11H15N3OS2. The molecule has 0 saturated heterocycles. The van der Waals surface area contributed by atoms with Crippen LogP contribution < -0.4 is 5.73 Å². The van der Waals surface area contributed by atoms with Crippen molar-refractivity contribution in [3.8, 4) is 10.8 Å². The van der Waals surface area contributed by atoms with E-state index in [1.807, 2.05) is 12.1 Å². The van der Waals surface area contributed by atoms with Crippen molar-refractivity contribution < 1.29 is 4.52 Å². The lowest BCUT2D eigenvalue weighted by Gasteiger charge is -2.15. The van der Waals surface area contributed by atoms with Crippen molar-refractivity contribution in [2.45, 2.75) is 31.3 Å². The largest absolute Gasteiger partial charge is 0.391 e. The average molecular weight is 269 g/mol. The molecule has 0 aliphatic heterocycles. The van der Waals surface area contributed by atoms with Crippen molar-refractivity contribution in [3.05, 3.63) is 18.0 Å². The number of nitrogens with zero attached hydrogens (tertiary/aromatic N) is 2. The number of hydrogen-bond acceptors (Lipinski definition) is 6. The zero-order valence-corrected chi connectivity index (χ0v) is 11.7. The summed E-state index contributed by atoms with van der Waals surface area (Å²) in [6.07, 6.45) is 0. The Hall–Kier alpha value is -1.01. The Labute approximate surface area is 109 Å². The van der Waals surface area contributed by atoms with Gasteiger partial charge in [0.05, 0.1) is 15.6 Å². The smallest absolute Gasteiger partial charge is 0.268 e. The summed E-state index contributed by atoms with van der Waals surface area (Å²) < 4.78 is 5.41. The van der Waals surface area contributed by atoms with Crippen LogP contribution in [-0.4, -0.2) is 14.9 Å². The molecule has 0 aliphatic rings. The second-order valence-corrected chi connectivity index (χ2v) is 7.54. The Morgan fingerprint density at radius 2 is 2.18 bits per heavy atom. The maximum atomic E-state index is 5.66. The van der Waals surface area contributed by atoms with Crippen molar-refractivity contribution in [1.82, 2.24) is 10.1 Å². The van der Waals surface area contributed by atoms with E-state index in [-0.39, 0.29) is 4.75 Å². The lowest BCUT2D eigenvalue weighted by Crippen LogP contribution is -2.07. The van der Waals surface area contributed by atoms with Gasteiger partial charge in [-0.15, -0.1) is 23.1 Å². The third-order valence-corrected chi connectivity index (χ3v) is 4.11. The van der Waals surface area contributed by atoms with Gasteiger partial charge in [-0.25, -0.2) is 0 Å². The molecule has 0 amide bonds. The van der Waals surface area contributed by atoms with Gasteiger partial charge >= 0.3 is 0 Å². The highest BCUT2D eigenvalue weighted by molar-refractivity contribution is 7.99. The minimum Gasteiger partial charge on any atom is -0.391 e. The number of nitrogen functional groups attached to an aromatic ring is 1. The van der Waals surface area contributed by atoms with Gasteiger partial charge in [0.15, 0.2) is 5.82 Å². The number of thioether (sulfide) groups is 1. The predicted octanol–water partition coefficient (Wildman–Crippen LogP) is 3.41. The van der Waals surface area contributed by atoms with E-state index in [0.717, 1.165) is 21.5 Å². The molecule has 6 heteroatoms. The first-order valence-corrected chi connectivity index (χ1v) is 7.06. The lowest BCUT2D eigenvalue weighted by molar-refractivity contribution is 0.426. The Kier molecular flexibility index (Phi) is 3.44. The maximum absolute atomic E-state index is 5.66. The van der Waals surface area contributed by atoms with E-state index in [1.54, 1.807) is 11.8 Å². The van der Waals surface area contributed by atoms with Crippen LogP contribution in [-0.2, 0) is 5.75 Å². The first-order valence-electron chi connectivity index (χ1n) is 5.26. The number of rotatable bonds is 3. The van der Waals surface area contributed by atoms with Crippen LogP contribution in [0.1, 0.15) is 26.6 Å². The van der Waals surface area contributed by atoms with Crippen LogP contribution in [0.25, 0.3) is 10.8 Å². The number of aromatic nitrogens is 2. The number of anilines is 1. The fourth-order valence-corrected chi connectivity index (χ4v) is 2.54. The van der Waals surface area contributed by atoms with Gasteiger partial charge in [0.25, 0.3) is 5.89 Å². The Morgan fingerprint density at radius 1 is 1.41 bits per heavy atom. The summed E-state index contributed by atoms with van der Waals surface area (Å²) in [6.45, 7) is 6.50. The van der Waals surface area contributed by atoms with Crippen LogP contribution in [0.5, 0.6) is 0 Å². The quantitative estimate of drug-likeness (QED) is 0.925. The molecule has 0 radical (unpaired) electrons. The summed E-state index contributed by atoms with van der Waals surface area (Å²) in [5, 5.41) is 4.72. The van der Waals surface area contributed by atoms with Crippen LogP contribution in [0.4, 0.5) is 5.00 Å². The Balaban J connectivity index is 2.06. The molecule has 0 bridgehead atoms. The first kappa shape index (κ1) is 12.4. The van der Waals surface area contributed by atoms with Crippen LogP contribution in [0, 0.1) is 0 Å². The van der Waals surface area contributed by atoms with Crippen LogP contribution in [0.15, 0.2) is 16.7 Å². The summed E-state index contributed by atoms with van der Waals surface area (Å²) in [4.78, 5) is 5.27. The summed E-state index contributed by atoms with van der Waals surface area (Å²) in [7, 11) is 0. The highest BCUT2D eigenvalue weighted by atomic mass is 32.2. The van der Waals surface area contributed by atoms with Crippen molar-refractivity contribution in [3.63, 3.8) is 0 Å². The molecule has 2 aromatic rings. The Bertz CT molecular complexity index is 499. The van der Waals surface area contributed by atoms with Crippen molar-refractivity contribution in [2.75, 3.05) is 5.73 Å². The maximum Gasteiger partial charge on any atom is 0.268 e. The van der Waals surface area contributed by atoms with E-state index >= 15 is 0 Å². The molecule has 2 N–H and O–H groups in total. The van der Waals surface area contributed by atoms with E-state index < -0.39 is 0 Å². The van der Waals surface area contributed by atoms with Crippen molar-refractivity contribution in [1.29, 1.82) is 0 Å². The molecule has 0 fully saturated rings. The molecule has 2 heterocycles. The van der Waals surface area contributed by atoms with E-state index in [1.165, 1.54) is 11.3 Å². The molecule has 0 aliphatic carbocycles. The fraction of sp³-hybridized carbons (Fsp3) is 0.455. The summed E-state index contributed by atoms with van der Waals surface area (Å²) in [6, 6.07) is 3.74. The fourth-order valence-electron chi connectivity index (χ4n) is 1.16. The number of thiophene rings is 1. The van der Waals surface area contributed by atoms with Gasteiger partial charge in [0, 0.05) is 4.75 Å². The summed E-state index contributed by atoms with van der Waals surface area (Å²) in [5.41, 5.74) is 5.66. The number of nitrogens with two attached hydrogens (primary N) is 1. The normalized spacial score (nSPS) is 11.9. The van der Waals surface area contributed by atoms with Gasteiger partial charge in [-0.2, -0.15) is 4.98 Å². The molecule has 0 saturated carbocycles. The SMILES string of the molecule is CC(C)(C)SCc1noc(-c2ccc(N)s2)n1. The van der Waals surface area contributed by atoms with Crippen LogP contribution >= 0.6 is 23.1 Å². The summed E-state index contributed by atoms with van der Waals surface area (Å²) >= 11 is 3.25. The molecule has 0 atom stereocenters. The van der Waals surface area contributed by atoms with Crippen molar-refractivity contribution in [2.24, 2.45) is 0 Å². The predicted molar refractivity (Wildman–Crippen MR) is 73.1 cm³/mol. The third-order valence-electron chi connectivity index (χ3n) is 1.94. The van der Waals surface area contributed by atoms with Crippen molar-refractivity contribution >= 4 is 28.1 Å². The molecule has 4 nitrogen and oxygen atoms in total. The molecule has 0 unspecified atom stereocenters. The zero-order chi connectivity index (χ0) is 12.5. The Morgan fingerprint density at radius 3 is 2.76 bits per heavy atom. The highest BCUT2D eigenvalue weighted by Crippen LogP contribution is 2.30. The molecule has 2 aromatic heterocycles. The molecule has 0 spiro atoms. The van der Waals surface area contributed by atoms with Gasteiger partial charge < -0.3 is 10.3 Å². The molecule has 0 aromatic carbocycles. The highest BCUT2D eigenvalue weighted by Gasteiger charge is 2.15. The third kappa shape index (κ3) is 3.47. The van der Waals surface area contributed by atoms with E-state index in [2.05, 4.69) is 30.9 Å². The topological polar surface area (TPSA) is 64.9 Å². The molecule has 2 rings (SSSR count). The summed E-state index contributed by atoms with van der Waals surface area (Å²) in [5.74, 6) is 2.04. The second kappa shape index (κ2) is 4.70. The molecule has 92 valence electrons. The van der Waals surface area contributed by atoms with E-state index in [9.17, 15) is 0 Å². The monoisotopic (exact) mass is 269 g/mol. The van der Waals surface area contributed by atoms with Gasteiger partial charge in [0.2, 0.25) is 0 Å². The molecule has 17 heavy (non-hydrogen) atoms. The van der Waals surface area contributed by atoms with Crippen LogP contribution in [0.2, 0.25) is 0 Å². The number of hydrogen-bond donors (Lipinski definition) is 1.